The number of carbonyl (C=O) groups excluding carboxylic acids is 1. The van der Waals surface area contributed by atoms with Gasteiger partial charge in [-0.2, -0.15) is 0 Å². The number of amides is 1. The molecule has 0 fully saturated rings. The highest BCUT2D eigenvalue weighted by Crippen LogP contribution is 2.23. The molecule has 0 saturated carbocycles. The number of nitro groups is 1. The van der Waals surface area contributed by atoms with Gasteiger partial charge in [-0.25, -0.2) is 0 Å². The summed E-state index contributed by atoms with van der Waals surface area (Å²) in [6, 6.07) is 3.82. The SMILES string of the molecule is C[C@H](Nc1ccc([N+](=O)[O-])cc1CCN)C(N)=O. The molecule has 18 heavy (non-hydrogen) atoms. The maximum absolute atomic E-state index is 11.0. The van der Waals surface area contributed by atoms with Crippen LogP contribution in [-0.2, 0) is 11.2 Å². The van der Waals surface area contributed by atoms with Crippen molar-refractivity contribution in [2.75, 3.05) is 11.9 Å². The molecule has 7 heteroatoms. The van der Waals surface area contributed by atoms with Crippen LogP contribution >= 0.6 is 0 Å². The lowest BCUT2D eigenvalue weighted by Crippen LogP contribution is -2.32. The zero-order valence-electron chi connectivity index (χ0n) is 10.1. The third-order valence-corrected chi connectivity index (χ3v) is 2.51. The van der Waals surface area contributed by atoms with Gasteiger partial charge in [0.2, 0.25) is 5.91 Å². The van der Waals surface area contributed by atoms with E-state index in [1.807, 2.05) is 0 Å². The maximum Gasteiger partial charge on any atom is 0.269 e. The second-order valence-corrected chi connectivity index (χ2v) is 3.91. The van der Waals surface area contributed by atoms with Crippen LogP contribution in [0.2, 0.25) is 0 Å². The molecular formula is C11H16N4O3. The van der Waals surface area contributed by atoms with Crippen LogP contribution < -0.4 is 16.8 Å². The summed E-state index contributed by atoms with van der Waals surface area (Å²) in [6.07, 6.45) is 0.482. The van der Waals surface area contributed by atoms with Gasteiger partial charge in [0.15, 0.2) is 0 Å². The van der Waals surface area contributed by atoms with Gasteiger partial charge >= 0.3 is 0 Å². The van der Waals surface area contributed by atoms with E-state index in [4.69, 9.17) is 11.5 Å². The number of nitro benzene ring substituents is 1. The molecule has 7 nitrogen and oxygen atoms in total. The first-order valence-corrected chi connectivity index (χ1v) is 5.49. The van der Waals surface area contributed by atoms with Crippen molar-refractivity contribution in [1.29, 1.82) is 0 Å². The predicted octanol–water partition coefficient (Wildman–Crippen LogP) is 0.382. The van der Waals surface area contributed by atoms with Crippen molar-refractivity contribution in [2.24, 2.45) is 11.5 Å². The first-order valence-electron chi connectivity index (χ1n) is 5.49. The Kier molecular flexibility index (Phi) is 4.61. The van der Waals surface area contributed by atoms with E-state index >= 15 is 0 Å². The van der Waals surface area contributed by atoms with Crippen molar-refractivity contribution in [3.05, 3.63) is 33.9 Å². The number of hydrogen-bond donors (Lipinski definition) is 3. The molecule has 1 rings (SSSR count). The third kappa shape index (κ3) is 3.42. The minimum Gasteiger partial charge on any atom is -0.374 e. The molecular weight excluding hydrogens is 236 g/mol. The summed E-state index contributed by atoms with van der Waals surface area (Å²) in [5.41, 5.74) is 11.9. The minimum absolute atomic E-state index is 0.00396. The van der Waals surface area contributed by atoms with E-state index in [1.54, 1.807) is 13.0 Å². The van der Waals surface area contributed by atoms with Crippen molar-refractivity contribution >= 4 is 17.3 Å². The summed E-state index contributed by atoms with van der Waals surface area (Å²) in [5, 5.41) is 13.6. The molecule has 0 aromatic heterocycles. The van der Waals surface area contributed by atoms with Crippen LogP contribution in [0.5, 0.6) is 0 Å². The Hall–Kier alpha value is -2.15. The van der Waals surface area contributed by atoms with Gasteiger partial charge in [-0.15, -0.1) is 0 Å². The zero-order chi connectivity index (χ0) is 13.7. The van der Waals surface area contributed by atoms with E-state index in [2.05, 4.69) is 5.32 Å². The second-order valence-electron chi connectivity index (χ2n) is 3.91. The van der Waals surface area contributed by atoms with Crippen LogP contribution in [0.3, 0.4) is 0 Å². The van der Waals surface area contributed by atoms with Gasteiger partial charge in [-0.05, 0) is 31.5 Å². The zero-order valence-corrected chi connectivity index (χ0v) is 10.1. The monoisotopic (exact) mass is 252 g/mol. The highest BCUT2D eigenvalue weighted by Gasteiger charge is 2.14. The number of nitrogens with two attached hydrogens (primary N) is 2. The summed E-state index contributed by atoms with van der Waals surface area (Å²) in [7, 11) is 0. The van der Waals surface area contributed by atoms with Crippen molar-refractivity contribution in [2.45, 2.75) is 19.4 Å². The van der Waals surface area contributed by atoms with Crippen LogP contribution in [-0.4, -0.2) is 23.4 Å². The highest BCUT2D eigenvalue weighted by molar-refractivity contribution is 5.82. The molecule has 1 amide bonds. The average molecular weight is 252 g/mol. The average Bonchev–Trinajstić information content (AvgIpc) is 2.31. The lowest BCUT2D eigenvalue weighted by Gasteiger charge is -2.15. The second kappa shape index (κ2) is 5.97. The van der Waals surface area contributed by atoms with Crippen molar-refractivity contribution in [3.63, 3.8) is 0 Å². The van der Waals surface area contributed by atoms with Crippen LogP contribution in [0.25, 0.3) is 0 Å². The Morgan fingerprint density at radius 1 is 1.56 bits per heavy atom. The predicted molar refractivity (Wildman–Crippen MR) is 68.1 cm³/mol. The molecule has 1 aromatic rings. The fourth-order valence-corrected chi connectivity index (χ4v) is 1.50. The lowest BCUT2D eigenvalue weighted by molar-refractivity contribution is -0.384. The number of hydrogen-bond acceptors (Lipinski definition) is 5. The standard InChI is InChI=1S/C11H16N4O3/c1-7(11(13)16)14-10-3-2-9(15(17)18)6-8(10)4-5-12/h2-3,6-7,14H,4-5,12H2,1H3,(H2,13,16)/t7-/m0/s1. The van der Waals surface area contributed by atoms with Gasteiger partial charge in [0.25, 0.3) is 5.69 Å². The molecule has 0 saturated heterocycles. The number of anilines is 1. The van der Waals surface area contributed by atoms with Gasteiger partial charge in [-0.1, -0.05) is 0 Å². The maximum atomic E-state index is 11.0. The lowest BCUT2D eigenvalue weighted by atomic mass is 10.1. The number of non-ortho nitro benzene ring substituents is 1. The molecule has 1 atom stereocenters. The Labute approximate surface area is 104 Å². The van der Waals surface area contributed by atoms with Gasteiger partial charge in [-0.3, -0.25) is 14.9 Å². The Balaban J connectivity index is 3.03. The van der Waals surface area contributed by atoms with E-state index in [0.717, 1.165) is 0 Å². The minimum atomic E-state index is -0.553. The molecule has 98 valence electrons. The first-order chi connectivity index (χ1) is 8.45. The fraction of sp³-hybridized carbons (Fsp3) is 0.364. The summed E-state index contributed by atoms with van der Waals surface area (Å²) < 4.78 is 0. The quantitative estimate of drug-likeness (QED) is 0.498. The summed E-state index contributed by atoms with van der Waals surface area (Å²) in [4.78, 5) is 21.2. The first kappa shape index (κ1) is 13.9. The summed E-state index contributed by atoms with van der Waals surface area (Å²) in [6.45, 7) is 1.98. The number of benzene rings is 1. The molecule has 0 aliphatic rings. The van der Waals surface area contributed by atoms with E-state index in [-0.39, 0.29) is 5.69 Å². The van der Waals surface area contributed by atoms with Crippen LogP contribution in [0, 0.1) is 10.1 Å². The van der Waals surface area contributed by atoms with Crippen molar-refractivity contribution < 1.29 is 9.72 Å². The Morgan fingerprint density at radius 3 is 2.72 bits per heavy atom. The largest absolute Gasteiger partial charge is 0.374 e. The molecule has 0 aliphatic heterocycles. The Bertz CT molecular complexity index is 462. The fourth-order valence-electron chi connectivity index (χ4n) is 1.50. The number of carbonyl (C=O) groups is 1. The topological polar surface area (TPSA) is 124 Å². The number of primary amides is 1. The molecule has 1 aromatic carbocycles. The molecule has 0 radical (unpaired) electrons. The molecule has 0 bridgehead atoms. The summed E-state index contributed by atoms with van der Waals surface area (Å²) in [5.74, 6) is -0.493. The van der Waals surface area contributed by atoms with Gasteiger partial charge in [0.1, 0.15) is 6.04 Å². The smallest absolute Gasteiger partial charge is 0.269 e. The van der Waals surface area contributed by atoms with E-state index in [1.165, 1.54) is 12.1 Å². The number of nitrogens with one attached hydrogen (secondary N) is 1. The number of rotatable bonds is 6. The van der Waals surface area contributed by atoms with E-state index in [9.17, 15) is 14.9 Å². The molecule has 0 spiro atoms. The molecule has 0 heterocycles. The van der Waals surface area contributed by atoms with E-state index < -0.39 is 16.9 Å². The third-order valence-electron chi connectivity index (χ3n) is 2.51. The molecule has 5 N–H and O–H groups in total. The van der Waals surface area contributed by atoms with Gasteiger partial charge < -0.3 is 16.8 Å². The normalized spacial score (nSPS) is 11.9. The van der Waals surface area contributed by atoms with Gasteiger partial charge in [0.05, 0.1) is 4.92 Å². The van der Waals surface area contributed by atoms with Crippen LogP contribution in [0.4, 0.5) is 11.4 Å². The highest BCUT2D eigenvalue weighted by atomic mass is 16.6. The Morgan fingerprint density at radius 2 is 2.22 bits per heavy atom. The number of nitrogens with zero attached hydrogens (tertiary/aromatic N) is 1. The van der Waals surface area contributed by atoms with Crippen LogP contribution in [0.15, 0.2) is 18.2 Å². The van der Waals surface area contributed by atoms with Gasteiger partial charge in [0, 0.05) is 17.8 Å². The van der Waals surface area contributed by atoms with Crippen LogP contribution in [0.1, 0.15) is 12.5 Å². The van der Waals surface area contributed by atoms with Crippen molar-refractivity contribution in [3.8, 4) is 0 Å². The van der Waals surface area contributed by atoms with E-state index in [0.29, 0.717) is 24.2 Å². The summed E-state index contributed by atoms with van der Waals surface area (Å²) >= 11 is 0. The van der Waals surface area contributed by atoms with Crippen molar-refractivity contribution in [1.82, 2.24) is 0 Å². The molecule has 0 aliphatic carbocycles. The molecule has 0 unspecified atom stereocenters.